The Kier molecular flexibility index (Phi) is 11.3. The van der Waals surface area contributed by atoms with Crippen LogP contribution in [0, 0.1) is 13.8 Å². The largest absolute Gasteiger partial charge is 0.497 e. The van der Waals surface area contributed by atoms with Gasteiger partial charge in [0.25, 0.3) is 0 Å². The number of pyridine rings is 2. The number of aryl methyl sites for hydroxylation is 2. The third kappa shape index (κ3) is 7.87. The molecule has 0 aliphatic carbocycles. The molecule has 2 N–H and O–H groups in total. The van der Waals surface area contributed by atoms with Gasteiger partial charge < -0.3 is 20.1 Å². The number of nitrogens with one attached hydrogen (secondary N) is 2. The molecule has 0 atom stereocenters. The van der Waals surface area contributed by atoms with Crippen molar-refractivity contribution < 1.29 is 9.47 Å². The summed E-state index contributed by atoms with van der Waals surface area (Å²) in [5.74, 6) is 1.72. The number of rotatable bonds is 14. The number of nitrogens with zero attached hydrogens (tertiary/aromatic N) is 2. The van der Waals surface area contributed by atoms with Crippen molar-refractivity contribution in [3.63, 3.8) is 0 Å². The van der Waals surface area contributed by atoms with Crippen molar-refractivity contribution in [1.29, 1.82) is 0 Å². The maximum Gasteiger partial charge on any atom is 0.119 e. The van der Waals surface area contributed by atoms with Gasteiger partial charge in [0.15, 0.2) is 0 Å². The van der Waals surface area contributed by atoms with E-state index in [1.54, 1.807) is 14.2 Å². The van der Waals surface area contributed by atoms with Gasteiger partial charge in [-0.05, 0) is 75.2 Å². The number of halogens is 1. The van der Waals surface area contributed by atoms with E-state index in [1.165, 1.54) is 44.9 Å². The van der Waals surface area contributed by atoms with Crippen LogP contribution in [0.1, 0.15) is 56.3 Å². The Bertz CT molecular complexity index is 1230. The molecule has 7 heteroatoms. The number of unbranched alkanes of at least 4 members (excludes halogenated alkanes) is 6. The lowest BCUT2D eigenvalue weighted by atomic mass is 10.1. The first-order valence-corrected chi connectivity index (χ1v) is 13.5. The fourth-order valence-electron chi connectivity index (χ4n) is 4.80. The van der Waals surface area contributed by atoms with Crippen LogP contribution in [0.3, 0.4) is 0 Å². The minimum atomic E-state index is 0. The van der Waals surface area contributed by atoms with Crippen LogP contribution in [0.5, 0.6) is 11.5 Å². The van der Waals surface area contributed by atoms with Gasteiger partial charge in [-0.3, -0.25) is 9.97 Å². The molecule has 0 aliphatic rings. The molecule has 0 spiro atoms. The van der Waals surface area contributed by atoms with Crippen molar-refractivity contribution in [2.45, 2.75) is 58.8 Å². The number of methoxy groups -OCH3 is 2. The molecule has 204 valence electrons. The summed E-state index contributed by atoms with van der Waals surface area (Å²) in [6.07, 6.45) is 8.71. The number of ether oxygens (including phenoxy) is 2. The summed E-state index contributed by atoms with van der Waals surface area (Å²) in [5.41, 5.74) is 6.35. The Morgan fingerprint density at radius 1 is 0.579 bits per heavy atom. The van der Waals surface area contributed by atoms with Gasteiger partial charge in [-0.25, -0.2) is 0 Å². The van der Waals surface area contributed by atoms with Gasteiger partial charge in [0, 0.05) is 46.6 Å². The normalized spacial score (nSPS) is 10.8. The maximum atomic E-state index is 5.40. The zero-order valence-electron chi connectivity index (χ0n) is 23.1. The van der Waals surface area contributed by atoms with E-state index >= 15 is 0 Å². The maximum absolute atomic E-state index is 5.40. The zero-order valence-corrected chi connectivity index (χ0v) is 23.9. The second-order valence-electron chi connectivity index (χ2n) is 9.72. The van der Waals surface area contributed by atoms with E-state index in [-0.39, 0.29) is 12.4 Å². The fraction of sp³-hybridized carbons (Fsp3) is 0.419. The summed E-state index contributed by atoms with van der Waals surface area (Å²) in [7, 11) is 3.40. The van der Waals surface area contributed by atoms with Crippen LogP contribution in [-0.4, -0.2) is 37.3 Å². The van der Waals surface area contributed by atoms with Gasteiger partial charge in [0.05, 0.1) is 25.3 Å². The van der Waals surface area contributed by atoms with E-state index in [9.17, 15) is 0 Å². The van der Waals surface area contributed by atoms with Crippen molar-refractivity contribution in [2.24, 2.45) is 0 Å². The lowest BCUT2D eigenvalue weighted by Crippen LogP contribution is -2.04. The Hall–Kier alpha value is -3.25. The second-order valence-corrected chi connectivity index (χ2v) is 9.72. The van der Waals surface area contributed by atoms with Gasteiger partial charge in [-0.15, -0.1) is 12.4 Å². The summed E-state index contributed by atoms with van der Waals surface area (Å²) >= 11 is 0. The molecule has 0 fully saturated rings. The van der Waals surface area contributed by atoms with Crippen molar-refractivity contribution in [3.8, 4) is 11.5 Å². The van der Waals surface area contributed by atoms with E-state index in [0.29, 0.717) is 0 Å². The summed E-state index contributed by atoms with van der Waals surface area (Å²) in [6.45, 7) is 6.04. The first-order valence-electron chi connectivity index (χ1n) is 13.5. The number of hydrogen-bond acceptors (Lipinski definition) is 6. The Morgan fingerprint density at radius 3 is 1.37 bits per heavy atom. The summed E-state index contributed by atoms with van der Waals surface area (Å²) in [6, 6.07) is 16.4. The van der Waals surface area contributed by atoms with Crippen molar-refractivity contribution in [2.75, 3.05) is 37.9 Å². The van der Waals surface area contributed by atoms with Crippen molar-refractivity contribution in [1.82, 2.24) is 9.97 Å². The zero-order chi connectivity index (χ0) is 26.0. The summed E-state index contributed by atoms with van der Waals surface area (Å²) < 4.78 is 10.8. The van der Waals surface area contributed by atoms with Crippen molar-refractivity contribution >= 4 is 45.6 Å². The lowest BCUT2D eigenvalue weighted by molar-refractivity contribution is 0.415. The predicted molar refractivity (Wildman–Crippen MR) is 163 cm³/mol. The highest BCUT2D eigenvalue weighted by atomic mass is 35.5. The fourth-order valence-corrected chi connectivity index (χ4v) is 4.80. The number of aromatic nitrogens is 2. The molecule has 6 nitrogen and oxygen atoms in total. The average Bonchev–Trinajstić information content (AvgIpc) is 2.90. The first kappa shape index (κ1) is 29.3. The van der Waals surface area contributed by atoms with Crippen LogP contribution >= 0.6 is 12.4 Å². The van der Waals surface area contributed by atoms with Gasteiger partial charge in [0.1, 0.15) is 11.5 Å². The lowest BCUT2D eigenvalue weighted by Gasteiger charge is -2.12. The van der Waals surface area contributed by atoms with Gasteiger partial charge in [-0.2, -0.15) is 0 Å². The van der Waals surface area contributed by atoms with Gasteiger partial charge in [-0.1, -0.05) is 32.1 Å². The minimum absolute atomic E-state index is 0. The average molecular weight is 537 g/mol. The molecular weight excluding hydrogens is 496 g/mol. The van der Waals surface area contributed by atoms with Crippen LogP contribution < -0.4 is 20.1 Å². The van der Waals surface area contributed by atoms with E-state index < -0.39 is 0 Å². The Balaban J connectivity index is 0.00000400. The molecular formula is C31H41ClN4O2. The quantitative estimate of drug-likeness (QED) is 0.159. The Morgan fingerprint density at radius 2 is 0.974 bits per heavy atom. The molecule has 0 saturated carbocycles. The third-order valence-electron chi connectivity index (χ3n) is 6.77. The molecule has 0 amide bonds. The third-order valence-corrected chi connectivity index (χ3v) is 6.77. The van der Waals surface area contributed by atoms with Crippen molar-refractivity contribution in [3.05, 3.63) is 59.9 Å². The first-order chi connectivity index (χ1) is 18.1. The molecule has 4 aromatic rings. The molecule has 4 rings (SSSR count). The highest BCUT2D eigenvalue weighted by molar-refractivity contribution is 5.93. The number of hydrogen-bond donors (Lipinski definition) is 2. The summed E-state index contributed by atoms with van der Waals surface area (Å²) in [4.78, 5) is 9.29. The van der Waals surface area contributed by atoms with Gasteiger partial charge in [0.2, 0.25) is 0 Å². The van der Waals surface area contributed by atoms with Crippen LogP contribution in [0.25, 0.3) is 21.8 Å². The smallest absolute Gasteiger partial charge is 0.119 e. The molecule has 0 aliphatic heterocycles. The molecule has 0 saturated heterocycles. The molecule has 2 aromatic carbocycles. The number of fused-ring (bicyclic) bond motifs is 2. The Labute approximate surface area is 233 Å². The molecule has 2 aromatic heterocycles. The summed E-state index contributed by atoms with van der Waals surface area (Å²) in [5, 5.41) is 9.48. The highest BCUT2D eigenvalue weighted by Crippen LogP contribution is 2.28. The number of anilines is 2. The SMILES string of the molecule is COc1ccc2nc(C)cc(NCCCCCCCCCNc3cc(C)nc4ccc(OC)cc34)c2c1.Cl. The second kappa shape index (κ2) is 14.6. The van der Waals surface area contributed by atoms with Gasteiger partial charge >= 0.3 is 0 Å². The molecule has 0 unspecified atom stereocenters. The van der Waals surface area contributed by atoms with E-state index in [2.05, 4.69) is 44.9 Å². The standard InChI is InChI=1S/C31H40N4O2.ClH/c1-22-18-30(26-20-24(36-3)12-14-28(26)34-22)32-16-10-8-6-5-7-9-11-17-33-31-19-23(2)35-29-15-13-25(37-4)21-27(29)31;/h12-15,18-21H,5-11,16-17H2,1-4H3,(H,32,34)(H,33,35);1H. The van der Waals surface area contributed by atoms with E-state index in [4.69, 9.17) is 9.47 Å². The molecule has 0 radical (unpaired) electrons. The van der Waals surface area contributed by atoms with Crippen LogP contribution in [0.15, 0.2) is 48.5 Å². The predicted octanol–water partition coefficient (Wildman–Crippen LogP) is 8.09. The van der Waals surface area contributed by atoms with E-state index in [1.807, 2.05) is 38.1 Å². The molecule has 2 heterocycles. The number of benzene rings is 2. The monoisotopic (exact) mass is 536 g/mol. The molecule has 38 heavy (non-hydrogen) atoms. The topological polar surface area (TPSA) is 68.3 Å². The highest BCUT2D eigenvalue weighted by Gasteiger charge is 2.07. The minimum Gasteiger partial charge on any atom is -0.497 e. The van der Waals surface area contributed by atoms with E-state index in [0.717, 1.165) is 69.2 Å². The van der Waals surface area contributed by atoms with Crippen LogP contribution in [-0.2, 0) is 0 Å². The molecule has 0 bridgehead atoms. The van der Waals surface area contributed by atoms with Crippen LogP contribution in [0.4, 0.5) is 11.4 Å². The van der Waals surface area contributed by atoms with Crippen LogP contribution in [0.2, 0.25) is 0 Å².